The average Bonchev–Trinajstić information content (AvgIpc) is 2.31. The molecular formula is C16H25NO. The van der Waals surface area contributed by atoms with Crippen molar-refractivity contribution in [2.75, 3.05) is 0 Å². The highest BCUT2D eigenvalue weighted by Gasteiger charge is 2.12. The lowest BCUT2D eigenvalue weighted by Gasteiger charge is -2.14. The van der Waals surface area contributed by atoms with E-state index in [1.54, 1.807) is 6.92 Å². The summed E-state index contributed by atoms with van der Waals surface area (Å²) in [5, 5.41) is 0. The van der Waals surface area contributed by atoms with Crippen LogP contribution in [0.15, 0.2) is 24.3 Å². The molecule has 0 saturated heterocycles. The molecule has 0 fully saturated rings. The van der Waals surface area contributed by atoms with E-state index in [2.05, 4.69) is 38.1 Å². The Morgan fingerprint density at radius 3 is 2.44 bits per heavy atom. The second-order valence-electron chi connectivity index (χ2n) is 5.44. The molecule has 1 rings (SSSR count). The molecule has 0 aliphatic heterocycles. The maximum atomic E-state index is 11.1. The minimum absolute atomic E-state index is 0.0976. The lowest BCUT2D eigenvalue weighted by Crippen LogP contribution is -2.30. The molecule has 2 heteroatoms. The standard InChI is InChI=1S/C16H25NO/c1-12-7-9-15(10-8-12)6-4-5-13(2)11-16(17)14(3)18/h7-10,13,16H,4-6,11,17H2,1-3H3. The topological polar surface area (TPSA) is 43.1 Å². The maximum absolute atomic E-state index is 11.1. The predicted molar refractivity (Wildman–Crippen MR) is 76.6 cm³/mol. The van der Waals surface area contributed by atoms with E-state index in [-0.39, 0.29) is 11.8 Å². The monoisotopic (exact) mass is 247 g/mol. The van der Waals surface area contributed by atoms with Crippen LogP contribution < -0.4 is 5.73 Å². The number of hydrogen-bond donors (Lipinski definition) is 1. The van der Waals surface area contributed by atoms with Gasteiger partial charge in [0.15, 0.2) is 0 Å². The van der Waals surface area contributed by atoms with Crippen molar-refractivity contribution in [3.8, 4) is 0 Å². The zero-order valence-corrected chi connectivity index (χ0v) is 11.8. The van der Waals surface area contributed by atoms with E-state index in [0.717, 1.165) is 25.7 Å². The fourth-order valence-electron chi connectivity index (χ4n) is 2.13. The van der Waals surface area contributed by atoms with Crippen molar-refractivity contribution in [2.24, 2.45) is 11.7 Å². The molecule has 18 heavy (non-hydrogen) atoms. The maximum Gasteiger partial charge on any atom is 0.146 e. The molecule has 0 saturated carbocycles. The number of aryl methyl sites for hydroxylation is 2. The van der Waals surface area contributed by atoms with E-state index < -0.39 is 0 Å². The van der Waals surface area contributed by atoms with Gasteiger partial charge in [-0.2, -0.15) is 0 Å². The van der Waals surface area contributed by atoms with E-state index in [0.29, 0.717) is 5.92 Å². The zero-order chi connectivity index (χ0) is 13.5. The smallest absolute Gasteiger partial charge is 0.146 e. The highest BCUT2D eigenvalue weighted by molar-refractivity contribution is 5.81. The molecule has 0 radical (unpaired) electrons. The normalized spacial score (nSPS) is 14.2. The van der Waals surface area contributed by atoms with Crippen molar-refractivity contribution in [3.05, 3.63) is 35.4 Å². The predicted octanol–water partition coefficient (Wildman–Crippen LogP) is 3.26. The van der Waals surface area contributed by atoms with Crippen LogP contribution in [-0.2, 0) is 11.2 Å². The molecule has 0 aromatic heterocycles. The molecular weight excluding hydrogens is 222 g/mol. The molecule has 1 aromatic carbocycles. The van der Waals surface area contributed by atoms with Crippen LogP contribution in [-0.4, -0.2) is 11.8 Å². The van der Waals surface area contributed by atoms with E-state index >= 15 is 0 Å². The summed E-state index contributed by atoms with van der Waals surface area (Å²) in [7, 11) is 0. The summed E-state index contributed by atoms with van der Waals surface area (Å²) in [5.74, 6) is 0.620. The van der Waals surface area contributed by atoms with Crippen LogP contribution in [0.3, 0.4) is 0 Å². The first-order valence-corrected chi connectivity index (χ1v) is 6.80. The first-order chi connectivity index (χ1) is 8.49. The van der Waals surface area contributed by atoms with E-state index in [9.17, 15) is 4.79 Å². The van der Waals surface area contributed by atoms with Gasteiger partial charge in [-0.25, -0.2) is 0 Å². The summed E-state index contributed by atoms with van der Waals surface area (Å²) in [4.78, 5) is 11.1. The van der Waals surface area contributed by atoms with Crippen molar-refractivity contribution in [2.45, 2.75) is 52.5 Å². The molecule has 0 bridgehead atoms. The second kappa shape index (κ2) is 7.32. The lowest BCUT2D eigenvalue weighted by atomic mass is 9.94. The van der Waals surface area contributed by atoms with Gasteiger partial charge in [0.2, 0.25) is 0 Å². The van der Waals surface area contributed by atoms with Gasteiger partial charge in [-0.05, 0) is 44.6 Å². The van der Waals surface area contributed by atoms with Gasteiger partial charge in [0.1, 0.15) is 5.78 Å². The van der Waals surface area contributed by atoms with Crippen LogP contribution in [0.25, 0.3) is 0 Å². The Morgan fingerprint density at radius 2 is 1.89 bits per heavy atom. The SMILES string of the molecule is CC(=O)C(N)CC(C)CCCc1ccc(C)cc1. The minimum Gasteiger partial charge on any atom is -0.322 e. The molecule has 2 atom stereocenters. The Bertz CT molecular complexity index is 369. The zero-order valence-electron chi connectivity index (χ0n) is 11.8. The first-order valence-electron chi connectivity index (χ1n) is 6.80. The second-order valence-corrected chi connectivity index (χ2v) is 5.44. The average molecular weight is 247 g/mol. The number of nitrogens with two attached hydrogens (primary N) is 1. The number of ketones is 1. The van der Waals surface area contributed by atoms with Gasteiger partial charge in [-0.15, -0.1) is 0 Å². The Morgan fingerprint density at radius 1 is 1.28 bits per heavy atom. The number of hydrogen-bond acceptors (Lipinski definition) is 2. The largest absolute Gasteiger partial charge is 0.322 e. The fourth-order valence-corrected chi connectivity index (χ4v) is 2.13. The van der Waals surface area contributed by atoms with Crippen molar-refractivity contribution in [1.29, 1.82) is 0 Å². The van der Waals surface area contributed by atoms with Crippen molar-refractivity contribution in [3.63, 3.8) is 0 Å². The summed E-state index contributed by atoms with van der Waals surface area (Å²) in [6, 6.07) is 8.43. The van der Waals surface area contributed by atoms with Gasteiger partial charge in [0.05, 0.1) is 6.04 Å². The van der Waals surface area contributed by atoms with Crippen molar-refractivity contribution < 1.29 is 4.79 Å². The summed E-state index contributed by atoms with van der Waals surface area (Å²) in [6.07, 6.45) is 4.22. The van der Waals surface area contributed by atoms with E-state index in [1.807, 2.05) is 0 Å². The number of benzene rings is 1. The molecule has 0 heterocycles. The minimum atomic E-state index is -0.278. The van der Waals surface area contributed by atoms with E-state index in [4.69, 9.17) is 5.73 Å². The van der Waals surface area contributed by atoms with Gasteiger partial charge in [0.25, 0.3) is 0 Å². The van der Waals surface area contributed by atoms with Gasteiger partial charge in [-0.3, -0.25) is 4.79 Å². The van der Waals surface area contributed by atoms with Gasteiger partial charge < -0.3 is 5.73 Å². The van der Waals surface area contributed by atoms with Crippen LogP contribution >= 0.6 is 0 Å². The van der Waals surface area contributed by atoms with Gasteiger partial charge in [0, 0.05) is 0 Å². The first kappa shape index (κ1) is 14.9. The van der Waals surface area contributed by atoms with Crippen LogP contribution in [0.5, 0.6) is 0 Å². The summed E-state index contributed by atoms with van der Waals surface area (Å²) in [6.45, 7) is 5.86. The van der Waals surface area contributed by atoms with Crippen LogP contribution in [0.2, 0.25) is 0 Å². The summed E-state index contributed by atoms with van der Waals surface area (Å²) >= 11 is 0. The lowest BCUT2D eigenvalue weighted by molar-refractivity contribution is -0.118. The third-order valence-corrected chi connectivity index (χ3v) is 3.46. The highest BCUT2D eigenvalue weighted by Crippen LogP contribution is 2.15. The number of rotatable bonds is 7. The summed E-state index contributed by atoms with van der Waals surface area (Å²) in [5.41, 5.74) is 8.46. The third kappa shape index (κ3) is 5.46. The van der Waals surface area contributed by atoms with Crippen molar-refractivity contribution >= 4 is 5.78 Å². The Hall–Kier alpha value is -1.15. The Balaban J connectivity index is 2.25. The number of carbonyl (C=O) groups is 1. The molecule has 0 spiro atoms. The van der Waals surface area contributed by atoms with E-state index in [1.165, 1.54) is 11.1 Å². The summed E-state index contributed by atoms with van der Waals surface area (Å²) < 4.78 is 0. The molecule has 2 nitrogen and oxygen atoms in total. The molecule has 0 amide bonds. The molecule has 0 aliphatic carbocycles. The molecule has 0 aliphatic rings. The molecule has 2 unspecified atom stereocenters. The highest BCUT2D eigenvalue weighted by atomic mass is 16.1. The quantitative estimate of drug-likeness (QED) is 0.803. The fraction of sp³-hybridized carbons (Fsp3) is 0.562. The van der Waals surface area contributed by atoms with Gasteiger partial charge >= 0.3 is 0 Å². The molecule has 2 N–H and O–H groups in total. The number of carbonyl (C=O) groups excluding carboxylic acids is 1. The van der Waals surface area contributed by atoms with Crippen LogP contribution in [0.1, 0.15) is 44.2 Å². The third-order valence-electron chi connectivity index (χ3n) is 3.46. The van der Waals surface area contributed by atoms with Crippen LogP contribution in [0, 0.1) is 12.8 Å². The van der Waals surface area contributed by atoms with Gasteiger partial charge in [-0.1, -0.05) is 43.2 Å². The van der Waals surface area contributed by atoms with Crippen LogP contribution in [0.4, 0.5) is 0 Å². The molecule has 100 valence electrons. The van der Waals surface area contributed by atoms with Crippen molar-refractivity contribution in [1.82, 2.24) is 0 Å². The Kier molecular flexibility index (Phi) is 6.06. The molecule has 1 aromatic rings. The Labute approximate surface area is 111 Å². The number of Topliss-reactive ketones (excluding diaryl/α,β-unsaturated/α-hetero) is 1.